The third-order valence-corrected chi connectivity index (χ3v) is 5.93. The zero-order valence-corrected chi connectivity index (χ0v) is 15.8. The number of benzene rings is 2. The number of esters is 1. The fraction of sp³-hybridized carbons (Fsp3) is 0.118. The summed E-state index contributed by atoms with van der Waals surface area (Å²) >= 11 is 11.8. The molecule has 0 heterocycles. The summed E-state index contributed by atoms with van der Waals surface area (Å²) in [5.74, 6) is -0.537. The average molecular weight is 400 g/mol. The number of hydrogen-bond donors (Lipinski definition) is 0. The van der Waals surface area contributed by atoms with E-state index in [0.29, 0.717) is 11.3 Å². The molecule has 0 saturated heterocycles. The zero-order valence-electron chi connectivity index (χ0n) is 13.4. The summed E-state index contributed by atoms with van der Waals surface area (Å²) in [6.45, 7) is 0. The topological polar surface area (TPSA) is 63.7 Å². The molecule has 2 aromatic carbocycles. The molecule has 25 heavy (non-hydrogen) atoms. The van der Waals surface area contributed by atoms with E-state index in [9.17, 15) is 13.2 Å². The Balaban J connectivity index is 2.46. The van der Waals surface area contributed by atoms with Gasteiger partial charge in [0.25, 0.3) is 10.0 Å². The van der Waals surface area contributed by atoms with Crippen LogP contribution in [0.3, 0.4) is 0 Å². The van der Waals surface area contributed by atoms with Gasteiger partial charge in [-0.25, -0.2) is 13.2 Å². The Morgan fingerprint density at radius 1 is 1.12 bits per heavy atom. The molecule has 2 aromatic rings. The number of nitrogens with zero attached hydrogens (tertiary/aromatic N) is 1. The van der Waals surface area contributed by atoms with Crippen molar-refractivity contribution in [2.45, 2.75) is 4.90 Å². The molecule has 0 fully saturated rings. The van der Waals surface area contributed by atoms with Crippen molar-refractivity contribution in [3.05, 3.63) is 64.1 Å². The summed E-state index contributed by atoms with van der Waals surface area (Å²) < 4.78 is 31.4. The Hall–Kier alpha value is -2.02. The standard InChI is InChI=1S/C17H15Cl2NO4S/c1-20(25(22,23)13-8-9-14(18)15(19)11-13)16-6-4-3-5-12(16)7-10-17(21)24-2/h3-11H,1-2H3/b10-7+. The number of rotatable bonds is 5. The molecule has 132 valence electrons. The minimum absolute atomic E-state index is 0.0103. The predicted molar refractivity (Wildman–Crippen MR) is 99.5 cm³/mol. The Bertz CT molecular complexity index is 926. The van der Waals surface area contributed by atoms with Gasteiger partial charge in [0.15, 0.2) is 0 Å². The molecular weight excluding hydrogens is 385 g/mol. The van der Waals surface area contributed by atoms with Crippen LogP contribution in [-0.2, 0) is 19.6 Å². The molecule has 0 radical (unpaired) electrons. The lowest BCUT2D eigenvalue weighted by atomic mass is 10.1. The van der Waals surface area contributed by atoms with Crippen molar-refractivity contribution in [3.63, 3.8) is 0 Å². The van der Waals surface area contributed by atoms with Crippen molar-refractivity contribution >= 4 is 51.0 Å². The molecule has 0 amide bonds. The third kappa shape index (κ3) is 4.34. The lowest BCUT2D eigenvalue weighted by Gasteiger charge is -2.21. The maximum atomic E-state index is 12.9. The fourth-order valence-electron chi connectivity index (χ4n) is 2.07. The van der Waals surface area contributed by atoms with Crippen LogP contribution in [0.2, 0.25) is 10.0 Å². The van der Waals surface area contributed by atoms with Gasteiger partial charge in [0.05, 0.1) is 27.7 Å². The van der Waals surface area contributed by atoms with E-state index in [0.717, 1.165) is 4.31 Å². The molecule has 5 nitrogen and oxygen atoms in total. The Labute approximate surface area is 156 Å². The Morgan fingerprint density at radius 2 is 1.80 bits per heavy atom. The smallest absolute Gasteiger partial charge is 0.330 e. The van der Waals surface area contributed by atoms with Gasteiger partial charge in [-0.15, -0.1) is 0 Å². The predicted octanol–water partition coefficient (Wildman–Crippen LogP) is 4.00. The normalized spacial score (nSPS) is 11.5. The number of carbonyl (C=O) groups is 1. The van der Waals surface area contributed by atoms with Crippen molar-refractivity contribution in [1.82, 2.24) is 0 Å². The van der Waals surface area contributed by atoms with Crippen LogP contribution in [0, 0.1) is 0 Å². The summed E-state index contributed by atoms with van der Waals surface area (Å²) in [6.07, 6.45) is 2.71. The van der Waals surface area contributed by atoms with E-state index in [1.165, 1.54) is 44.5 Å². The van der Waals surface area contributed by atoms with E-state index in [-0.39, 0.29) is 14.9 Å². The molecular formula is C17H15Cl2NO4S. The number of para-hydroxylation sites is 1. The van der Waals surface area contributed by atoms with Gasteiger partial charge in [-0.1, -0.05) is 41.4 Å². The van der Waals surface area contributed by atoms with Crippen LogP contribution in [0.4, 0.5) is 5.69 Å². The van der Waals surface area contributed by atoms with Gasteiger partial charge in [-0.2, -0.15) is 0 Å². The van der Waals surface area contributed by atoms with Crippen LogP contribution in [-0.4, -0.2) is 28.5 Å². The third-order valence-electron chi connectivity index (χ3n) is 3.43. The zero-order chi connectivity index (χ0) is 18.6. The highest BCUT2D eigenvalue weighted by atomic mass is 35.5. The molecule has 0 saturated carbocycles. The summed E-state index contributed by atoms with van der Waals surface area (Å²) in [5, 5.41) is 0.416. The lowest BCUT2D eigenvalue weighted by Crippen LogP contribution is -2.27. The van der Waals surface area contributed by atoms with Crippen LogP contribution in [0.5, 0.6) is 0 Å². The summed E-state index contributed by atoms with van der Waals surface area (Å²) in [5.41, 5.74) is 0.938. The second-order valence-corrected chi connectivity index (χ2v) is 7.75. The molecule has 0 aromatic heterocycles. The second-order valence-electron chi connectivity index (χ2n) is 4.96. The van der Waals surface area contributed by atoms with Crippen LogP contribution < -0.4 is 4.31 Å². The van der Waals surface area contributed by atoms with E-state index in [1.54, 1.807) is 24.3 Å². The van der Waals surface area contributed by atoms with Crippen LogP contribution in [0.1, 0.15) is 5.56 Å². The highest BCUT2D eigenvalue weighted by molar-refractivity contribution is 7.92. The summed E-state index contributed by atoms with van der Waals surface area (Å²) in [7, 11) is -1.18. The van der Waals surface area contributed by atoms with Crippen molar-refractivity contribution in [2.24, 2.45) is 0 Å². The monoisotopic (exact) mass is 399 g/mol. The number of carbonyl (C=O) groups excluding carboxylic acids is 1. The van der Waals surface area contributed by atoms with Gasteiger partial charge in [0.2, 0.25) is 0 Å². The maximum Gasteiger partial charge on any atom is 0.330 e. The first-order valence-electron chi connectivity index (χ1n) is 7.06. The quantitative estimate of drug-likeness (QED) is 0.562. The first-order valence-corrected chi connectivity index (χ1v) is 9.26. The van der Waals surface area contributed by atoms with E-state index >= 15 is 0 Å². The van der Waals surface area contributed by atoms with Crippen LogP contribution in [0.25, 0.3) is 6.08 Å². The van der Waals surface area contributed by atoms with Gasteiger partial charge in [-0.3, -0.25) is 4.31 Å². The lowest BCUT2D eigenvalue weighted by molar-refractivity contribution is -0.134. The van der Waals surface area contributed by atoms with Crippen LogP contribution >= 0.6 is 23.2 Å². The molecule has 0 unspecified atom stereocenters. The number of hydrogen-bond acceptors (Lipinski definition) is 4. The number of sulfonamides is 1. The van der Waals surface area contributed by atoms with Crippen LogP contribution in [0.15, 0.2) is 53.4 Å². The molecule has 2 rings (SSSR count). The minimum atomic E-state index is -3.86. The number of halogens is 2. The van der Waals surface area contributed by atoms with Gasteiger partial charge in [0, 0.05) is 13.1 Å². The molecule has 0 N–H and O–H groups in total. The molecule has 0 atom stereocenters. The molecule has 0 aliphatic heterocycles. The maximum absolute atomic E-state index is 12.9. The Kier molecular flexibility index (Phi) is 6.11. The fourth-order valence-corrected chi connectivity index (χ4v) is 3.68. The molecule has 0 bridgehead atoms. The molecule has 0 aliphatic rings. The van der Waals surface area contributed by atoms with Crippen molar-refractivity contribution in [2.75, 3.05) is 18.5 Å². The summed E-state index contributed by atoms with van der Waals surface area (Å²) in [6, 6.07) is 10.9. The molecule has 8 heteroatoms. The average Bonchev–Trinajstić information content (AvgIpc) is 2.61. The molecule has 0 spiro atoms. The minimum Gasteiger partial charge on any atom is -0.466 e. The first-order chi connectivity index (χ1) is 11.8. The van der Waals surface area contributed by atoms with Crippen molar-refractivity contribution < 1.29 is 17.9 Å². The van der Waals surface area contributed by atoms with Gasteiger partial charge >= 0.3 is 5.97 Å². The number of methoxy groups -OCH3 is 1. The van der Waals surface area contributed by atoms with E-state index in [1.807, 2.05) is 0 Å². The number of ether oxygens (including phenoxy) is 1. The number of anilines is 1. The van der Waals surface area contributed by atoms with Crippen molar-refractivity contribution in [3.8, 4) is 0 Å². The summed E-state index contributed by atoms with van der Waals surface area (Å²) in [4.78, 5) is 11.3. The van der Waals surface area contributed by atoms with E-state index in [2.05, 4.69) is 4.74 Å². The highest BCUT2D eigenvalue weighted by Gasteiger charge is 2.23. The van der Waals surface area contributed by atoms with Gasteiger partial charge in [-0.05, 0) is 35.9 Å². The van der Waals surface area contributed by atoms with Crippen molar-refractivity contribution in [1.29, 1.82) is 0 Å². The SMILES string of the molecule is COC(=O)/C=C/c1ccccc1N(C)S(=O)(=O)c1ccc(Cl)c(Cl)c1. The largest absolute Gasteiger partial charge is 0.466 e. The van der Waals surface area contributed by atoms with Gasteiger partial charge < -0.3 is 4.74 Å². The van der Waals surface area contributed by atoms with E-state index < -0.39 is 16.0 Å². The van der Waals surface area contributed by atoms with Gasteiger partial charge in [0.1, 0.15) is 0 Å². The first kappa shape index (κ1) is 19.3. The van der Waals surface area contributed by atoms with E-state index in [4.69, 9.17) is 23.2 Å². The second kappa shape index (κ2) is 7.91. The Morgan fingerprint density at radius 3 is 2.44 bits per heavy atom. The molecule has 0 aliphatic carbocycles. The highest BCUT2D eigenvalue weighted by Crippen LogP contribution is 2.30.